The lowest BCUT2D eigenvalue weighted by atomic mass is 10.2. The van der Waals surface area contributed by atoms with Crippen LogP contribution >= 0.6 is 0 Å². The molecule has 2 heterocycles. The summed E-state index contributed by atoms with van der Waals surface area (Å²) in [5, 5.41) is 15.5. The van der Waals surface area contributed by atoms with Gasteiger partial charge in [0.05, 0.1) is 24.8 Å². The average molecular weight is 338 g/mol. The Kier molecular flexibility index (Phi) is 5.77. The number of benzene rings is 1. The smallest absolute Gasteiger partial charge is 0.229 e. The third-order valence-corrected chi connectivity index (χ3v) is 3.94. The molecule has 0 unspecified atom stereocenters. The molecule has 0 atom stereocenters. The van der Waals surface area contributed by atoms with Crippen molar-refractivity contribution in [3.05, 3.63) is 41.6 Å². The summed E-state index contributed by atoms with van der Waals surface area (Å²) in [6, 6.07) is 11.3. The standard InChI is InChI=1S/C18H22N6O/c1-14-11-17(20-5-6-24-7-9-25-10-8-24)23-18(21-14)22-16-4-2-3-15(12-16)13-19/h2-4,11-12H,5-10H2,1H3,(H2,20,21,22,23). The predicted octanol–water partition coefficient (Wildman–Crippen LogP) is 2.14. The van der Waals surface area contributed by atoms with Gasteiger partial charge in [-0.2, -0.15) is 10.2 Å². The van der Waals surface area contributed by atoms with Gasteiger partial charge >= 0.3 is 0 Å². The SMILES string of the molecule is Cc1cc(NCCN2CCOCC2)nc(Nc2cccc(C#N)c2)n1. The molecule has 1 aromatic heterocycles. The van der Waals surface area contributed by atoms with Crippen LogP contribution in [0.2, 0.25) is 0 Å². The molecule has 0 radical (unpaired) electrons. The fourth-order valence-corrected chi connectivity index (χ4v) is 2.68. The highest BCUT2D eigenvalue weighted by atomic mass is 16.5. The molecular weight excluding hydrogens is 316 g/mol. The molecular formula is C18H22N6O. The molecule has 0 amide bonds. The van der Waals surface area contributed by atoms with Crippen LogP contribution in [0.5, 0.6) is 0 Å². The van der Waals surface area contributed by atoms with Gasteiger partial charge in [-0.3, -0.25) is 4.90 Å². The molecule has 0 aliphatic carbocycles. The topological polar surface area (TPSA) is 86.1 Å². The number of hydrogen-bond acceptors (Lipinski definition) is 7. The molecule has 0 bridgehead atoms. The molecule has 2 aromatic rings. The third kappa shape index (κ3) is 5.14. The number of nitrogens with one attached hydrogen (secondary N) is 2. The fraction of sp³-hybridized carbons (Fsp3) is 0.389. The van der Waals surface area contributed by atoms with E-state index in [1.807, 2.05) is 25.1 Å². The molecule has 0 saturated carbocycles. The van der Waals surface area contributed by atoms with Crippen molar-refractivity contribution >= 4 is 17.5 Å². The van der Waals surface area contributed by atoms with Crippen LogP contribution in [-0.4, -0.2) is 54.3 Å². The van der Waals surface area contributed by atoms with E-state index >= 15 is 0 Å². The molecule has 1 fully saturated rings. The van der Waals surface area contributed by atoms with Crippen LogP contribution in [-0.2, 0) is 4.74 Å². The van der Waals surface area contributed by atoms with Crippen molar-refractivity contribution in [2.75, 3.05) is 50.0 Å². The van der Waals surface area contributed by atoms with Gasteiger partial charge in [0.2, 0.25) is 5.95 Å². The first-order chi connectivity index (χ1) is 12.2. The lowest BCUT2D eigenvalue weighted by molar-refractivity contribution is 0.0398. The van der Waals surface area contributed by atoms with Crippen LogP contribution in [0.3, 0.4) is 0 Å². The van der Waals surface area contributed by atoms with Gasteiger partial charge in [0, 0.05) is 43.6 Å². The lowest BCUT2D eigenvalue weighted by Gasteiger charge is -2.26. The number of anilines is 3. The first-order valence-electron chi connectivity index (χ1n) is 8.40. The van der Waals surface area contributed by atoms with E-state index in [-0.39, 0.29) is 0 Å². The minimum Gasteiger partial charge on any atom is -0.379 e. The monoisotopic (exact) mass is 338 g/mol. The number of ether oxygens (including phenoxy) is 1. The second-order valence-electron chi connectivity index (χ2n) is 5.92. The zero-order valence-electron chi connectivity index (χ0n) is 14.3. The maximum Gasteiger partial charge on any atom is 0.229 e. The largest absolute Gasteiger partial charge is 0.379 e. The van der Waals surface area contributed by atoms with Crippen molar-refractivity contribution in [1.82, 2.24) is 14.9 Å². The summed E-state index contributed by atoms with van der Waals surface area (Å²) in [4.78, 5) is 11.3. The summed E-state index contributed by atoms with van der Waals surface area (Å²) in [5.74, 6) is 1.31. The lowest BCUT2D eigenvalue weighted by Crippen LogP contribution is -2.39. The number of hydrogen-bond donors (Lipinski definition) is 2. The summed E-state index contributed by atoms with van der Waals surface area (Å²) in [6.07, 6.45) is 0. The third-order valence-electron chi connectivity index (χ3n) is 3.94. The van der Waals surface area contributed by atoms with Gasteiger partial charge in [-0.1, -0.05) is 6.07 Å². The second kappa shape index (κ2) is 8.42. The van der Waals surface area contributed by atoms with E-state index in [1.165, 1.54) is 0 Å². The van der Waals surface area contributed by atoms with Crippen molar-refractivity contribution < 1.29 is 4.74 Å². The molecule has 1 saturated heterocycles. The highest BCUT2D eigenvalue weighted by molar-refractivity contribution is 5.57. The van der Waals surface area contributed by atoms with E-state index in [0.717, 1.165) is 56.6 Å². The minimum absolute atomic E-state index is 0.518. The minimum atomic E-state index is 0.518. The van der Waals surface area contributed by atoms with Gasteiger partial charge in [-0.25, -0.2) is 4.98 Å². The number of rotatable bonds is 6. The van der Waals surface area contributed by atoms with E-state index in [1.54, 1.807) is 12.1 Å². The van der Waals surface area contributed by atoms with Crippen LogP contribution in [0.1, 0.15) is 11.3 Å². The van der Waals surface area contributed by atoms with Crippen molar-refractivity contribution in [3.63, 3.8) is 0 Å². The van der Waals surface area contributed by atoms with E-state index in [0.29, 0.717) is 11.5 Å². The van der Waals surface area contributed by atoms with Gasteiger partial charge in [0.25, 0.3) is 0 Å². The Morgan fingerprint density at radius 2 is 2.08 bits per heavy atom. The van der Waals surface area contributed by atoms with Crippen molar-refractivity contribution in [2.24, 2.45) is 0 Å². The van der Waals surface area contributed by atoms with Crippen LogP contribution in [0, 0.1) is 18.3 Å². The van der Waals surface area contributed by atoms with E-state index < -0.39 is 0 Å². The fourth-order valence-electron chi connectivity index (χ4n) is 2.68. The highest BCUT2D eigenvalue weighted by Gasteiger charge is 2.10. The van der Waals surface area contributed by atoms with Crippen molar-refractivity contribution in [3.8, 4) is 6.07 Å². The Hall–Kier alpha value is -2.69. The number of aromatic nitrogens is 2. The van der Waals surface area contributed by atoms with Gasteiger partial charge in [0.15, 0.2) is 0 Å². The van der Waals surface area contributed by atoms with Crippen LogP contribution in [0.4, 0.5) is 17.5 Å². The molecule has 1 aromatic carbocycles. The highest BCUT2D eigenvalue weighted by Crippen LogP contribution is 2.17. The average Bonchev–Trinajstić information content (AvgIpc) is 2.62. The number of nitriles is 1. The van der Waals surface area contributed by atoms with Crippen LogP contribution in [0.15, 0.2) is 30.3 Å². The Bertz CT molecular complexity index is 751. The summed E-state index contributed by atoms with van der Waals surface area (Å²) < 4.78 is 5.36. The first kappa shape index (κ1) is 17.1. The molecule has 25 heavy (non-hydrogen) atoms. The number of nitrogens with zero attached hydrogens (tertiary/aromatic N) is 4. The second-order valence-corrected chi connectivity index (χ2v) is 5.92. The molecule has 1 aliphatic rings. The van der Waals surface area contributed by atoms with Crippen LogP contribution in [0.25, 0.3) is 0 Å². The number of aryl methyl sites for hydroxylation is 1. The summed E-state index contributed by atoms with van der Waals surface area (Å²) in [6.45, 7) is 7.29. The summed E-state index contributed by atoms with van der Waals surface area (Å²) >= 11 is 0. The number of morpholine rings is 1. The van der Waals surface area contributed by atoms with Gasteiger partial charge in [-0.05, 0) is 25.1 Å². The van der Waals surface area contributed by atoms with Gasteiger partial charge in [-0.15, -0.1) is 0 Å². The van der Waals surface area contributed by atoms with Gasteiger partial charge in [0.1, 0.15) is 5.82 Å². The molecule has 2 N–H and O–H groups in total. The Morgan fingerprint density at radius 1 is 1.24 bits per heavy atom. The zero-order valence-corrected chi connectivity index (χ0v) is 14.3. The molecule has 1 aliphatic heterocycles. The molecule has 7 heteroatoms. The maximum atomic E-state index is 8.99. The molecule has 3 rings (SSSR count). The van der Waals surface area contributed by atoms with E-state index in [2.05, 4.69) is 31.6 Å². The quantitative estimate of drug-likeness (QED) is 0.834. The Balaban J connectivity index is 1.60. The van der Waals surface area contributed by atoms with E-state index in [9.17, 15) is 0 Å². The van der Waals surface area contributed by atoms with Gasteiger partial charge < -0.3 is 15.4 Å². The zero-order chi connectivity index (χ0) is 17.5. The Morgan fingerprint density at radius 3 is 2.88 bits per heavy atom. The summed E-state index contributed by atoms with van der Waals surface area (Å²) in [7, 11) is 0. The molecule has 7 nitrogen and oxygen atoms in total. The Labute approximate surface area is 147 Å². The normalized spacial score (nSPS) is 14.7. The first-order valence-corrected chi connectivity index (χ1v) is 8.40. The van der Waals surface area contributed by atoms with E-state index in [4.69, 9.17) is 10.00 Å². The molecule has 130 valence electrons. The van der Waals surface area contributed by atoms with Crippen molar-refractivity contribution in [2.45, 2.75) is 6.92 Å². The van der Waals surface area contributed by atoms with Crippen molar-refractivity contribution in [1.29, 1.82) is 5.26 Å². The maximum absolute atomic E-state index is 8.99. The predicted molar refractivity (Wildman–Crippen MR) is 97.0 cm³/mol. The molecule has 0 spiro atoms. The summed E-state index contributed by atoms with van der Waals surface area (Å²) in [5.41, 5.74) is 2.27. The van der Waals surface area contributed by atoms with Crippen LogP contribution < -0.4 is 10.6 Å².